The van der Waals surface area contributed by atoms with Crippen LogP contribution in [0.5, 0.6) is 17.2 Å². The molecule has 0 saturated heterocycles. The molecule has 0 saturated carbocycles. The minimum Gasteiger partial charge on any atom is -0.507 e. The Balaban J connectivity index is 1.75. The zero-order valence-electron chi connectivity index (χ0n) is 16.8. The number of esters is 1. The molecule has 1 aliphatic heterocycles. The Morgan fingerprint density at radius 3 is 2.55 bits per heavy atom. The number of fused-ring (bicyclic) bond motifs is 3. The molecule has 0 aliphatic carbocycles. The van der Waals surface area contributed by atoms with Crippen molar-refractivity contribution in [3.8, 4) is 28.4 Å². The number of phenols is 1. The van der Waals surface area contributed by atoms with E-state index in [2.05, 4.69) is 0 Å². The van der Waals surface area contributed by atoms with Gasteiger partial charge in [-0.2, -0.15) is 0 Å². The Morgan fingerprint density at radius 2 is 1.87 bits per heavy atom. The third-order valence-electron chi connectivity index (χ3n) is 5.48. The highest BCUT2D eigenvalue weighted by Gasteiger charge is 2.35. The number of furan rings is 1. The van der Waals surface area contributed by atoms with Crippen LogP contribution in [0.4, 0.5) is 0 Å². The lowest BCUT2D eigenvalue weighted by atomic mass is 9.88. The highest BCUT2D eigenvalue weighted by molar-refractivity contribution is 5.94. The third-order valence-corrected chi connectivity index (χ3v) is 5.48. The zero-order chi connectivity index (χ0) is 21.7. The summed E-state index contributed by atoms with van der Waals surface area (Å²) >= 11 is 0. The molecule has 5 rings (SSSR count). The van der Waals surface area contributed by atoms with Crippen molar-refractivity contribution in [3.05, 3.63) is 76.0 Å². The Bertz CT molecular complexity index is 1380. The van der Waals surface area contributed by atoms with Crippen LogP contribution in [0.1, 0.15) is 29.4 Å². The van der Waals surface area contributed by atoms with Gasteiger partial charge in [0.1, 0.15) is 46.0 Å². The fraction of sp³-hybridized carbons (Fsp3) is 0.167. The van der Waals surface area contributed by atoms with Crippen molar-refractivity contribution in [2.24, 2.45) is 0 Å². The van der Waals surface area contributed by atoms with Crippen LogP contribution in [0.15, 0.2) is 62.4 Å². The summed E-state index contributed by atoms with van der Waals surface area (Å²) in [6.45, 7) is 1.81. The molecule has 1 aliphatic rings. The van der Waals surface area contributed by atoms with Gasteiger partial charge in [0.05, 0.1) is 25.0 Å². The second kappa shape index (κ2) is 7.05. The summed E-state index contributed by atoms with van der Waals surface area (Å²) in [4.78, 5) is 25.5. The zero-order valence-corrected chi connectivity index (χ0v) is 16.8. The minimum atomic E-state index is -0.497. The largest absolute Gasteiger partial charge is 0.507 e. The smallest absolute Gasteiger partial charge is 0.312 e. The molecule has 1 unspecified atom stereocenters. The molecular weight excluding hydrogens is 400 g/mol. The first kappa shape index (κ1) is 19.0. The number of methoxy groups -OCH3 is 1. The maximum atomic E-state index is 13.3. The van der Waals surface area contributed by atoms with Crippen LogP contribution < -0.4 is 14.9 Å². The summed E-state index contributed by atoms with van der Waals surface area (Å²) in [7, 11) is 1.56. The van der Waals surface area contributed by atoms with E-state index in [1.54, 1.807) is 43.5 Å². The number of aryl methyl sites for hydroxylation is 1. The van der Waals surface area contributed by atoms with Gasteiger partial charge < -0.3 is 23.4 Å². The van der Waals surface area contributed by atoms with Gasteiger partial charge in [-0.15, -0.1) is 0 Å². The molecular formula is C24H18O7. The van der Waals surface area contributed by atoms with Crippen molar-refractivity contribution in [3.63, 3.8) is 0 Å². The van der Waals surface area contributed by atoms with Crippen molar-refractivity contribution in [1.82, 2.24) is 0 Å². The summed E-state index contributed by atoms with van der Waals surface area (Å²) in [6.07, 6.45) is 1.39. The quantitative estimate of drug-likeness (QED) is 0.386. The van der Waals surface area contributed by atoms with Crippen LogP contribution in [0, 0.1) is 6.92 Å². The molecule has 156 valence electrons. The van der Waals surface area contributed by atoms with Gasteiger partial charge in [0.15, 0.2) is 0 Å². The number of aromatic hydroxyl groups is 1. The molecule has 0 fully saturated rings. The Kier molecular flexibility index (Phi) is 4.32. The number of carbonyl (C=O) groups is 1. The van der Waals surface area contributed by atoms with Crippen molar-refractivity contribution >= 4 is 16.9 Å². The monoisotopic (exact) mass is 418 g/mol. The van der Waals surface area contributed by atoms with Gasteiger partial charge in [0.25, 0.3) is 0 Å². The number of carbonyl (C=O) groups excluding carboxylic acids is 1. The molecule has 7 heteroatoms. The number of ether oxygens (including phenoxy) is 2. The van der Waals surface area contributed by atoms with E-state index in [0.29, 0.717) is 34.0 Å². The first-order valence-electron chi connectivity index (χ1n) is 9.69. The first-order valence-corrected chi connectivity index (χ1v) is 9.69. The normalized spacial score (nSPS) is 15.5. The van der Waals surface area contributed by atoms with Crippen molar-refractivity contribution in [2.45, 2.75) is 19.3 Å². The lowest BCUT2D eigenvalue weighted by Crippen LogP contribution is -2.21. The molecule has 2 aromatic heterocycles. The van der Waals surface area contributed by atoms with Crippen LogP contribution in [0.25, 0.3) is 22.1 Å². The molecule has 3 heterocycles. The van der Waals surface area contributed by atoms with Crippen LogP contribution in [0.2, 0.25) is 0 Å². The molecule has 0 spiro atoms. The van der Waals surface area contributed by atoms with Crippen LogP contribution in [-0.2, 0) is 4.79 Å². The lowest BCUT2D eigenvalue weighted by Gasteiger charge is -2.24. The summed E-state index contributed by atoms with van der Waals surface area (Å²) in [6, 6.07) is 11.8. The van der Waals surface area contributed by atoms with Gasteiger partial charge in [-0.3, -0.25) is 9.59 Å². The van der Waals surface area contributed by atoms with E-state index in [1.807, 2.05) is 6.92 Å². The van der Waals surface area contributed by atoms with Gasteiger partial charge in [0.2, 0.25) is 5.43 Å². The van der Waals surface area contributed by atoms with Gasteiger partial charge in [-0.25, -0.2) is 0 Å². The van der Waals surface area contributed by atoms with E-state index in [9.17, 15) is 14.7 Å². The summed E-state index contributed by atoms with van der Waals surface area (Å²) < 4.78 is 22.1. The van der Waals surface area contributed by atoms with Crippen molar-refractivity contribution < 1.29 is 28.2 Å². The van der Waals surface area contributed by atoms with E-state index in [4.69, 9.17) is 18.3 Å². The predicted octanol–water partition coefficient (Wildman–Crippen LogP) is 4.52. The molecule has 1 N–H and O–H groups in total. The van der Waals surface area contributed by atoms with Crippen molar-refractivity contribution in [1.29, 1.82) is 0 Å². The molecule has 0 radical (unpaired) electrons. The fourth-order valence-corrected chi connectivity index (χ4v) is 3.99. The Labute approximate surface area is 176 Å². The number of hydrogen-bond acceptors (Lipinski definition) is 7. The SMILES string of the molecule is COc1ccc(-c2coc3c4c(cc(O)c3c2=O)OC(=O)CC4c2ccc(C)o2)cc1. The molecule has 7 nitrogen and oxygen atoms in total. The fourth-order valence-electron chi connectivity index (χ4n) is 3.99. The third kappa shape index (κ3) is 3.06. The van der Waals surface area contributed by atoms with E-state index in [1.165, 1.54) is 12.3 Å². The Morgan fingerprint density at radius 1 is 1.10 bits per heavy atom. The van der Waals surface area contributed by atoms with Crippen LogP contribution >= 0.6 is 0 Å². The molecule has 0 amide bonds. The maximum Gasteiger partial charge on any atom is 0.312 e. The summed E-state index contributed by atoms with van der Waals surface area (Å²) in [5.41, 5.74) is 1.20. The minimum absolute atomic E-state index is 0.0262. The van der Waals surface area contributed by atoms with Crippen molar-refractivity contribution in [2.75, 3.05) is 7.11 Å². The Hall–Kier alpha value is -4.00. The molecule has 0 bridgehead atoms. The van der Waals surface area contributed by atoms with E-state index in [0.717, 1.165) is 0 Å². The van der Waals surface area contributed by atoms with Gasteiger partial charge >= 0.3 is 5.97 Å². The average Bonchev–Trinajstić information content (AvgIpc) is 3.19. The van der Waals surface area contributed by atoms with E-state index >= 15 is 0 Å². The maximum absolute atomic E-state index is 13.3. The van der Waals surface area contributed by atoms with Crippen LogP contribution in [0.3, 0.4) is 0 Å². The molecule has 1 atom stereocenters. The molecule has 31 heavy (non-hydrogen) atoms. The summed E-state index contributed by atoms with van der Waals surface area (Å²) in [5.74, 6) is 0.795. The standard InChI is InChI=1S/C24H18O7/c1-12-3-8-18(30-12)15-9-20(26)31-19-10-17(25)22-23(27)16(11-29-24(22)21(15)19)13-4-6-14(28-2)7-5-13/h3-8,10-11,15,25H,9H2,1-2H3. The highest BCUT2D eigenvalue weighted by Crippen LogP contribution is 2.45. The van der Waals surface area contributed by atoms with Crippen LogP contribution in [-0.4, -0.2) is 18.2 Å². The number of rotatable bonds is 3. The molecule has 2 aromatic carbocycles. The number of phenolic OH excluding ortho intramolecular Hbond substituents is 1. The second-order valence-corrected chi connectivity index (χ2v) is 7.40. The summed E-state index contributed by atoms with van der Waals surface area (Å²) in [5, 5.41) is 10.6. The first-order chi connectivity index (χ1) is 15.0. The van der Waals surface area contributed by atoms with E-state index < -0.39 is 17.3 Å². The predicted molar refractivity (Wildman–Crippen MR) is 112 cm³/mol. The van der Waals surface area contributed by atoms with Gasteiger partial charge in [-0.05, 0) is 36.8 Å². The highest BCUT2D eigenvalue weighted by atomic mass is 16.5. The molecule has 4 aromatic rings. The average molecular weight is 418 g/mol. The van der Waals surface area contributed by atoms with Gasteiger partial charge in [0, 0.05) is 11.6 Å². The topological polar surface area (TPSA) is 99.1 Å². The van der Waals surface area contributed by atoms with Gasteiger partial charge in [-0.1, -0.05) is 12.1 Å². The number of benzene rings is 2. The second-order valence-electron chi connectivity index (χ2n) is 7.40. The van der Waals surface area contributed by atoms with E-state index in [-0.39, 0.29) is 28.9 Å². The lowest BCUT2D eigenvalue weighted by molar-refractivity contribution is -0.135. The number of hydrogen-bond donors (Lipinski definition) is 1.